The Bertz CT molecular complexity index is 701. The van der Waals surface area contributed by atoms with Crippen LogP contribution in [0.15, 0.2) is 42.6 Å². The molecule has 0 saturated heterocycles. The molecule has 126 valence electrons. The number of likely N-dealkylation sites (N-methyl/N-ethyl adjacent to an activating group) is 1. The van der Waals surface area contributed by atoms with E-state index < -0.39 is 6.03 Å². The van der Waals surface area contributed by atoms with Crippen LogP contribution < -0.4 is 20.7 Å². The summed E-state index contributed by atoms with van der Waals surface area (Å²) in [7, 11) is 1.50. The molecule has 0 aliphatic heterocycles. The van der Waals surface area contributed by atoms with E-state index in [9.17, 15) is 9.59 Å². The molecule has 1 aromatic heterocycles. The zero-order valence-electron chi connectivity index (χ0n) is 13.6. The van der Waals surface area contributed by atoms with E-state index in [1.54, 1.807) is 12.1 Å². The minimum Gasteiger partial charge on any atom is -0.439 e. The summed E-state index contributed by atoms with van der Waals surface area (Å²) >= 11 is 0. The zero-order valence-corrected chi connectivity index (χ0v) is 13.6. The lowest BCUT2D eigenvalue weighted by Crippen LogP contribution is -2.37. The van der Waals surface area contributed by atoms with Gasteiger partial charge >= 0.3 is 6.03 Å². The van der Waals surface area contributed by atoms with Crippen LogP contribution in [-0.4, -0.2) is 30.5 Å². The first-order chi connectivity index (χ1) is 11.6. The Morgan fingerprint density at radius 1 is 1.21 bits per heavy atom. The Morgan fingerprint density at radius 2 is 2.04 bits per heavy atom. The minimum absolute atomic E-state index is 0.0925. The quantitative estimate of drug-likeness (QED) is 0.758. The van der Waals surface area contributed by atoms with E-state index in [1.807, 2.05) is 24.3 Å². The molecule has 7 heteroatoms. The summed E-state index contributed by atoms with van der Waals surface area (Å²) < 4.78 is 5.68. The summed E-state index contributed by atoms with van der Waals surface area (Å²) in [6.07, 6.45) is 2.41. The number of benzene rings is 1. The fourth-order valence-corrected chi connectivity index (χ4v) is 1.89. The van der Waals surface area contributed by atoms with Crippen molar-refractivity contribution >= 4 is 17.6 Å². The second-order valence-corrected chi connectivity index (χ2v) is 4.97. The predicted molar refractivity (Wildman–Crippen MR) is 91.2 cm³/mol. The van der Waals surface area contributed by atoms with Crippen LogP contribution in [0.4, 0.5) is 10.5 Å². The molecule has 2 rings (SSSR count). The fourth-order valence-electron chi connectivity index (χ4n) is 1.89. The third-order valence-electron chi connectivity index (χ3n) is 3.21. The van der Waals surface area contributed by atoms with Gasteiger partial charge in [-0.15, -0.1) is 0 Å². The third kappa shape index (κ3) is 5.28. The van der Waals surface area contributed by atoms with Crippen molar-refractivity contribution in [3.05, 3.63) is 48.2 Å². The van der Waals surface area contributed by atoms with Gasteiger partial charge in [0.05, 0.1) is 18.4 Å². The first kappa shape index (κ1) is 17.3. The number of aromatic nitrogens is 1. The predicted octanol–water partition coefficient (Wildman–Crippen LogP) is 2.30. The molecule has 0 bridgehead atoms. The summed E-state index contributed by atoms with van der Waals surface area (Å²) in [5.74, 6) is 0.867. The molecule has 1 aromatic carbocycles. The Morgan fingerprint density at radius 3 is 2.71 bits per heavy atom. The van der Waals surface area contributed by atoms with Crippen molar-refractivity contribution in [3.8, 4) is 11.6 Å². The number of hydrogen-bond donors (Lipinski definition) is 3. The molecule has 0 unspecified atom stereocenters. The van der Waals surface area contributed by atoms with E-state index in [0.29, 0.717) is 17.3 Å². The number of anilines is 1. The number of amides is 3. The number of nitrogens with one attached hydrogen (secondary N) is 3. The molecule has 0 radical (unpaired) electrons. The molecule has 1 heterocycles. The highest BCUT2D eigenvalue weighted by atomic mass is 16.5. The molecule has 0 aliphatic rings. The van der Waals surface area contributed by atoms with Crippen LogP contribution in [-0.2, 0) is 11.2 Å². The molecule has 2 aromatic rings. The highest BCUT2D eigenvalue weighted by Crippen LogP contribution is 2.21. The first-order valence-corrected chi connectivity index (χ1v) is 7.59. The summed E-state index contributed by atoms with van der Waals surface area (Å²) in [4.78, 5) is 26.8. The van der Waals surface area contributed by atoms with Crippen molar-refractivity contribution in [1.29, 1.82) is 0 Å². The average Bonchev–Trinajstić information content (AvgIpc) is 2.61. The molecule has 7 nitrogen and oxygen atoms in total. The SMILES string of the molecule is CCc1cccc(Oc2ccc(NC(=O)NCC(=O)NC)cn2)c1. The number of nitrogens with zero attached hydrogens (tertiary/aromatic N) is 1. The van der Waals surface area contributed by atoms with Crippen molar-refractivity contribution in [2.24, 2.45) is 0 Å². The van der Waals surface area contributed by atoms with Crippen molar-refractivity contribution in [3.63, 3.8) is 0 Å². The van der Waals surface area contributed by atoms with E-state index in [2.05, 4.69) is 27.9 Å². The van der Waals surface area contributed by atoms with Gasteiger partial charge < -0.3 is 20.7 Å². The normalized spacial score (nSPS) is 9.92. The molecule has 0 spiro atoms. The number of aryl methyl sites for hydroxylation is 1. The first-order valence-electron chi connectivity index (χ1n) is 7.59. The molecular formula is C17H20N4O3. The molecular weight excluding hydrogens is 308 g/mol. The molecule has 3 amide bonds. The monoisotopic (exact) mass is 328 g/mol. The van der Waals surface area contributed by atoms with Crippen LogP contribution in [0.1, 0.15) is 12.5 Å². The highest BCUT2D eigenvalue weighted by Gasteiger charge is 2.05. The van der Waals surface area contributed by atoms with Gasteiger partial charge in [-0.1, -0.05) is 19.1 Å². The van der Waals surface area contributed by atoms with Gasteiger partial charge in [-0.25, -0.2) is 9.78 Å². The largest absolute Gasteiger partial charge is 0.439 e. The topological polar surface area (TPSA) is 92.4 Å². The Kier molecular flexibility index (Phi) is 6.13. The van der Waals surface area contributed by atoms with E-state index in [0.717, 1.165) is 6.42 Å². The fraction of sp³-hybridized carbons (Fsp3) is 0.235. The Hall–Kier alpha value is -3.09. The van der Waals surface area contributed by atoms with Crippen molar-refractivity contribution in [1.82, 2.24) is 15.6 Å². The van der Waals surface area contributed by atoms with Gasteiger partial charge in [-0.2, -0.15) is 0 Å². The number of hydrogen-bond acceptors (Lipinski definition) is 4. The minimum atomic E-state index is -0.482. The average molecular weight is 328 g/mol. The molecule has 24 heavy (non-hydrogen) atoms. The van der Waals surface area contributed by atoms with Gasteiger partial charge in [-0.3, -0.25) is 4.79 Å². The number of rotatable bonds is 6. The zero-order chi connectivity index (χ0) is 17.4. The third-order valence-corrected chi connectivity index (χ3v) is 3.21. The van der Waals surface area contributed by atoms with Crippen molar-refractivity contribution < 1.29 is 14.3 Å². The standard InChI is InChI=1S/C17H20N4O3/c1-3-12-5-4-6-14(9-12)24-16-8-7-13(10-19-16)21-17(23)20-11-15(22)18-2/h4-10H,3,11H2,1-2H3,(H,18,22)(H2,20,21,23). The molecule has 0 saturated carbocycles. The smallest absolute Gasteiger partial charge is 0.319 e. The van der Waals surface area contributed by atoms with Crippen molar-refractivity contribution in [2.45, 2.75) is 13.3 Å². The van der Waals surface area contributed by atoms with Gasteiger partial charge in [0.15, 0.2) is 0 Å². The lowest BCUT2D eigenvalue weighted by molar-refractivity contribution is -0.119. The second-order valence-electron chi connectivity index (χ2n) is 4.97. The van der Waals surface area contributed by atoms with E-state index >= 15 is 0 Å². The Labute approximate surface area is 140 Å². The Balaban J connectivity index is 1.90. The number of urea groups is 1. The van der Waals surface area contributed by atoms with Gasteiger partial charge in [0, 0.05) is 13.1 Å². The summed E-state index contributed by atoms with van der Waals surface area (Å²) in [6.45, 7) is 1.98. The number of pyridine rings is 1. The van der Waals surface area contributed by atoms with E-state index in [-0.39, 0.29) is 12.5 Å². The van der Waals surface area contributed by atoms with Crippen molar-refractivity contribution in [2.75, 3.05) is 18.9 Å². The van der Waals surface area contributed by atoms with Gasteiger partial charge in [0.25, 0.3) is 0 Å². The van der Waals surface area contributed by atoms with E-state index in [4.69, 9.17) is 4.74 Å². The second kappa shape index (κ2) is 8.52. The molecule has 0 fully saturated rings. The molecule has 3 N–H and O–H groups in total. The number of ether oxygens (including phenoxy) is 1. The summed E-state index contributed by atoms with van der Waals surface area (Å²) in [5.41, 5.74) is 1.68. The maximum absolute atomic E-state index is 11.6. The summed E-state index contributed by atoms with van der Waals surface area (Å²) in [6, 6.07) is 10.6. The van der Waals surface area contributed by atoms with Crippen LogP contribution >= 0.6 is 0 Å². The maximum atomic E-state index is 11.6. The maximum Gasteiger partial charge on any atom is 0.319 e. The van der Waals surface area contributed by atoms with Gasteiger partial charge in [-0.05, 0) is 30.2 Å². The number of carbonyl (C=O) groups is 2. The van der Waals surface area contributed by atoms with Gasteiger partial charge in [0.1, 0.15) is 5.75 Å². The molecule has 0 aliphatic carbocycles. The van der Waals surface area contributed by atoms with E-state index in [1.165, 1.54) is 18.8 Å². The van der Waals surface area contributed by atoms with Crippen LogP contribution in [0.5, 0.6) is 11.6 Å². The van der Waals surface area contributed by atoms with Crippen LogP contribution in [0.3, 0.4) is 0 Å². The lowest BCUT2D eigenvalue weighted by Gasteiger charge is -2.08. The van der Waals surface area contributed by atoms with Gasteiger partial charge in [0.2, 0.25) is 11.8 Å². The van der Waals surface area contributed by atoms with Crippen LogP contribution in [0, 0.1) is 0 Å². The summed E-state index contributed by atoms with van der Waals surface area (Å²) in [5, 5.41) is 7.42. The number of carbonyl (C=O) groups excluding carboxylic acids is 2. The highest BCUT2D eigenvalue weighted by molar-refractivity contribution is 5.92. The van der Waals surface area contributed by atoms with Crippen LogP contribution in [0.2, 0.25) is 0 Å². The molecule has 0 atom stereocenters. The lowest BCUT2D eigenvalue weighted by atomic mass is 10.2. The van der Waals surface area contributed by atoms with Crippen LogP contribution in [0.25, 0.3) is 0 Å².